The minimum absolute atomic E-state index is 0.233. The monoisotopic (exact) mass is 361 g/mol. The van der Waals surface area contributed by atoms with Crippen LogP contribution in [0.3, 0.4) is 0 Å². The van der Waals surface area contributed by atoms with E-state index in [0.717, 1.165) is 29.5 Å². The average Bonchev–Trinajstić information content (AvgIpc) is 3.10. The second kappa shape index (κ2) is 7.74. The van der Waals surface area contributed by atoms with E-state index in [1.165, 1.54) is 0 Å². The van der Waals surface area contributed by atoms with Gasteiger partial charge in [0.15, 0.2) is 5.13 Å². The molecule has 2 aromatic rings. The van der Waals surface area contributed by atoms with Crippen LogP contribution in [0.2, 0.25) is 0 Å². The molecule has 1 N–H and O–H groups in total. The molecule has 1 aromatic heterocycles. The smallest absolute Gasteiger partial charge is 0.409 e. The SMILES string of the molecule is CC(C)COC(=O)N1CCN(c2nc(-c3ccccc3O)cs2)CC1. The molecule has 0 spiro atoms. The Balaban J connectivity index is 1.59. The summed E-state index contributed by atoms with van der Waals surface area (Å²) < 4.78 is 5.29. The number of carbonyl (C=O) groups is 1. The van der Waals surface area contributed by atoms with E-state index >= 15 is 0 Å². The van der Waals surface area contributed by atoms with Gasteiger partial charge in [-0.05, 0) is 18.1 Å². The Kier molecular flexibility index (Phi) is 5.43. The Bertz CT molecular complexity index is 724. The summed E-state index contributed by atoms with van der Waals surface area (Å²) in [6.07, 6.45) is -0.234. The predicted octanol–water partition coefficient (Wildman–Crippen LogP) is 3.43. The number of benzene rings is 1. The third-order valence-corrected chi connectivity index (χ3v) is 4.92. The van der Waals surface area contributed by atoms with Gasteiger partial charge < -0.3 is 19.6 Å². The zero-order valence-corrected chi connectivity index (χ0v) is 15.3. The van der Waals surface area contributed by atoms with Gasteiger partial charge in [0.05, 0.1) is 12.3 Å². The number of nitrogens with zero attached hydrogens (tertiary/aromatic N) is 3. The summed E-state index contributed by atoms with van der Waals surface area (Å²) in [7, 11) is 0. The molecule has 1 aliphatic rings. The molecule has 1 aromatic carbocycles. The number of amides is 1. The molecule has 1 aliphatic heterocycles. The van der Waals surface area contributed by atoms with Gasteiger partial charge in [-0.2, -0.15) is 0 Å². The fourth-order valence-electron chi connectivity index (χ4n) is 2.63. The molecule has 134 valence electrons. The van der Waals surface area contributed by atoms with Crippen LogP contribution in [0.4, 0.5) is 9.93 Å². The maximum atomic E-state index is 12.0. The summed E-state index contributed by atoms with van der Waals surface area (Å²) >= 11 is 1.55. The van der Waals surface area contributed by atoms with Crippen LogP contribution in [-0.4, -0.2) is 53.9 Å². The molecule has 1 fully saturated rings. The quantitative estimate of drug-likeness (QED) is 0.904. The van der Waals surface area contributed by atoms with Crippen LogP contribution in [0.5, 0.6) is 5.75 Å². The number of thiazole rings is 1. The summed E-state index contributed by atoms with van der Waals surface area (Å²) in [5, 5.41) is 12.8. The molecule has 0 unspecified atom stereocenters. The molecular weight excluding hydrogens is 338 g/mol. The van der Waals surface area contributed by atoms with Crippen molar-refractivity contribution in [3.63, 3.8) is 0 Å². The standard InChI is InChI=1S/C18H23N3O3S/c1-13(2)11-24-18(23)21-9-7-20(8-10-21)17-19-15(12-25-17)14-5-3-4-6-16(14)22/h3-6,12-13,22H,7-11H2,1-2H3. The Morgan fingerprint density at radius 2 is 2.00 bits per heavy atom. The molecular formula is C18H23N3O3S. The van der Waals surface area contributed by atoms with E-state index in [1.807, 2.05) is 31.4 Å². The Morgan fingerprint density at radius 1 is 1.28 bits per heavy atom. The minimum atomic E-state index is -0.234. The van der Waals surface area contributed by atoms with Gasteiger partial charge in [-0.1, -0.05) is 26.0 Å². The number of phenolic OH excluding ortho intramolecular Hbond substituents is 1. The van der Waals surface area contributed by atoms with Crippen molar-refractivity contribution in [3.05, 3.63) is 29.6 Å². The molecule has 7 heteroatoms. The van der Waals surface area contributed by atoms with E-state index in [0.29, 0.717) is 25.6 Å². The summed E-state index contributed by atoms with van der Waals surface area (Å²) in [6.45, 7) is 7.21. The predicted molar refractivity (Wildman–Crippen MR) is 99.2 cm³/mol. The number of aromatic hydroxyl groups is 1. The molecule has 6 nitrogen and oxygen atoms in total. The third-order valence-electron chi connectivity index (χ3n) is 4.02. The fraction of sp³-hybridized carbons (Fsp3) is 0.444. The lowest BCUT2D eigenvalue weighted by atomic mass is 10.1. The van der Waals surface area contributed by atoms with E-state index in [4.69, 9.17) is 4.74 Å². The highest BCUT2D eigenvalue weighted by Crippen LogP contribution is 2.32. The Hall–Kier alpha value is -2.28. The van der Waals surface area contributed by atoms with Crippen molar-refractivity contribution in [2.75, 3.05) is 37.7 Å². The number of piperazine rings is 1. The number of para-hydroxylation sites is 1. The lowest BCUT2D eigenvalue weighted by molar-refractivity contribution is 0.0901. The van der Waals surface area contributed by atoms with Gasteiger partial charge in [0.2, 0.25) is 0 Å². The molecule has 25 heavy (non-hydrogen) atoms. The van der Waals surface area contributed by atoms with Crippen molar-refractivity contribution in [1.29, 1.82) is 0 Å². The van der Waals surface area contributed by atoms with Crippen molar-refractivity contribution in [3.8, 4) is 17.0 Å². The molecule has 0 aliphatic carbocycles. The normalized spacial score (nSPS) is 14.8. The second-order valence-corrected chi connectivity index (χ2v) is 7.31. The van der Waals surface area contributed by atoms with Crippen LogP contribution in [0.1, 0.15) is 13.8 Å². The molecule has 0 atom stereocenters. The van der Waals surface area contributed by atoms with E-state index in [-0.39, 0.29) is 11.8 Å². The first-order valence-corrected chi connectivity index (χ1v) is 9.33. The van der Waals surface area contributed by atoms with Gasteiger partial charge in [-0.15, -0.1) is 11.3 Å². The highest BCUT2D eigenvalue weighted by atomic mass is 32.1. The van der Waals surface area contributed by atoms with E-state index < -0.39 is 0 Å². The molecule has 0 saturated carbocycles. The summed E-state index contributed by atoms with van der Waals surface area (Å²) in [5.74, 6) is 0.574. The Labute approximate surface area is 151 Å². The molecule has 3 rings (SSSR count). The summed E-state index contributed by atoms with van der Waals surface area (Å²) in [4.78, 5) is 20.6. The molecule has 0 radical (unpaired) electrons. The van der Waals surface area contributed by atoms with E-state index in [9.17, 15) is 9.90 Å². The number of hydrogen-bond acceptors (Lipinski definition) is 6. The first-order valence-electron chi connectivity index (χ1n) is 8.45. The zero-order chi connectivity index (χ0) is 17.8. The minimum Gasteiger partial charge on any atom is -0.507 e. The van der Waals surface area contributed by atoms with Crippen LogP contribution in [0, 0.1) is 5.92 Å². The van der Waals surface area contributed by atoms with E-state index in [1.54, 1.807) is 28.4 Å². The van der Waals surface area contributed by atoms with Crippen LogP contribution in [0.25, 0.3) is 11.3 Å². The lowest BCUT2D eigenvalue weighted by Crippen LogP contribution is -2.49. The van der Waals surface area contributed by atoms with Crippen LogP contribution >= 0.6 is 11.3 Å². The van der Waals surface area contributed by atoms with Crippen LogP contribution in [-0.2, 0) is 4.74 Å². The van der Waals surface area contributed by atoms with Gasteiger partial charge >= 0.3 is 6.09 Å². The van der Waals surface area contributed by atoms with Gasteiger partial charge in [0.1, 0.15) is 5.75 Å². The zero-order valence-electron chi connectivity index (χ0n) is 14.5. The first kappa shape index (κ1) is 17.5. The van der Waals surface area contributed by atoms with Crippen molar-refractivity contribution >= 4 is 22.6 Å². The van der Waals surface area contributed by atoms with Gasteiger partial charge in [0.25, 0.3) is 0 Å². The lowest BCUT2D eigenvalue weighted by Gasteiger charge is -2.34. The maximum absolute atomic E-state index is 12.0. The fourth-order valence-corrected chi connectivity index (χ4v) is 3.51. The average molecular weight is 361 g/mol. The van der Waals surface area contributed by atoms with Crippen molar-refractivity contribution in [1.82, 2.24) is 9.88 Å². The second-order valence-electron chi connectivity index (χ2n) is 6.48. The summed E-state index contributed by atoms with van der Waals surface area (Å²) in [5.41, 5.74) is 1.51. The highest BCUT2D eigenvalue weighted by molar-refractivity contribution is 7.14. The Morgan fingerprint density at radius 3 is 2.68 bits per heavy atom. The number of rotatable bonds is 4. The maximum Gasteiger partial charge on any atom is 0.409 e. The van der Waals surface area contributed by atoms with Gasteiger partial charge in [0, 0.05) is 37.1 Å². The number of hydrogen-bond donors (Lipinski definition) is 1. The number of carbonyl (C=O) groups excluding carboxylic acids is 1. The largest absolute Gasteiger partial charge is 0.507 e. The number of anilines is 1. The molecule has 0 bridgehead atoms. The molecule has 1 amide bonds. The van der Waals surface area contributed by atoms with Crippen molar-refractivity contribution in [2.24, 2.45) is 5.92 Å². The van der Waals surface area contributed by atoms with E-state index in [2.05, 4.69) is 9.88 Å². The molecule has 2 heterocycles. The number of phenols is 1. The van der Waals surface area contributed by atoms with Gasteiger partial charge in [-0.25, -0.2) is 9.78 Å². The van der Waals surface area contributed by atoms with Gasteiger partial charge in [-0.3, -0.25) is 0 Å². The first-order chi connectivity index (χ1) is 12.0. The summed E-state index contributed by atoms with van der Waals surface area (Å²) in [6, 6.07) is 7.20. The topological polar surface area (TPSA) is 65.9 Å². The van der Waals surface area contributed by atoms with Crippen LogP contribution < -0.4 is 4.90 Å². The third kappa shape index (κ3) is 4.22. The van der Waals surface area contributed by atoms with Crippen LogP contribution in [0.15, 0.2) is 29.6 Å². The number of ether oxygens (including phenoxy) is 1. The van der Waals surface area contributed by atoms with Crippen molar-refractivity contribution < 1.29 is 14.6 Å². The highest BCUT2D eigenvalue weighted by Gasteiger charge is 2.24. The number of aromatic nitrogens is 1. The van der Waals surface area contributed by atoms with Crippen molar-refractivity contribution in [2.45, 2.75) is 13.8 Å². The molecule has 1 saturated heterocycles.